The van der Waals surface area contributed by atoms with Crippen molar-refractivity contribution in [1.82, 2.24) is 0 Å². The maximum Gasteiger partial charge on any atom is 0.277 e. The van der Waals surface area contributed by atoms with Crippen LogP contribution in [0.25, 0.3) is 0 Å². The third-order valence-electron chi connectivity index (χ3n) is 3.90. The smallest absolute Gasteiger partial charge is 0.277 e. The van der Waals surface area contributed by atoms with Crippen molar-refractivity contribution in [2.75, 3.05) is 0 Å². The van der Waals surface area contributed by atoms with Gasteiger partial charge in [-0.3, -0.25) is 0 Å². The number of ether oxygens (including phenoxy) is 2. The number of benzene rings is 1. The topological polar surface area (TPSA) is 18.5 Å². The normalized spacial score (nSPS) is 24.5. The molecule has 5 heteroatoms. The second kappa shape index (κ2) is 5.28. The van der Waals surface area contributed by atoms with E-state index in [2.05, 4.69) is 13.8 Å². The summed E-state index contributed by atoms with van der Waals surface area (Å²) < 4.78 is 12.0. The van der Waals surface area contributed by atoms with Crippen molar-refractivity contribution in [1.29, 1.82) is 0 Å². The summed E-state index contributed by atoms with van der Waals surface area (Å²) >= 11 is 12.5. The fourth-order valence-corrected chi connectivity index (χ4v) is 3.66. The van der Waals surface area contributed by atoms with E-state index in [-0.39, 0.29) is 0 Å². The molecule has 0 radical (unpaired) electrons. The van der Waals surface area contributed by atoms with Crippen LogP contribution in [0.3, 0.4) is 0 Å². The van der Waals surface area contributed by atoms with Crippen molar-refractivity contribution in [2.45, 2.75) is 46.1 Å². The highest BCUT2D eigenvalue weighted by atomic mass is 35.7. The van der Waals surface area contributed by atoms with Crippen LogP contribution in [-0.2, 0) is 11.3 Å². The molecule has 2 unspecified atom stereocenters. The fraction of sp³-hybridized carbons (Fsp3) is 0.571. The first-order valence-electron chi connectivity index (χ1n) is 6.60. The maximum atomic E-state index is 6.25. The van der Waals surface area contributed by atoms with Crippen LogP contribution >= 0.6 is 22.2 Å². The van der Waals surface area contributed by atoms with Gasteiger partial charge in [-0.2, -0.15) is 0 Å². The number of hydrogen-bond acceptors (Lipinski definition) is 2. The Hall–Kier alpha value is -0.223. The monoisotopic (exact) mass is 318 g/mol. The van der Waals surface area contributed by atoms with E-state index in [1.165, 1.54) is 0 Å². The summed E-state index contributed by atoms with van der Waals surface area (Å²) in [5.41, 5.74) is 1.03. The second-order valence-corrected chi connectivity index (χ2v) is 12.9. The minimum absolute atomic E-state index is 0.334. The summed E-state index contributed by atoms with van der Waals surface area (Å²) in [6.45, 7) is 6.39. The molecule has 0 aromatic heterocycles. The maximum absolute atomic E-state index is 6.25. The van der Waals surface area contributed by atoms with E-state index >= 15 is 0 Å². The van der Waals surface area contributed by atoms with Gasteiger partial charge < -0.3 is 9.47 Å². The van der Waals surface area contributed by atoms with Gasteiger partial charge in [0.2, 0.25) is 5.79 Å². The Morgan fingerprint density at radius 1 is 1.42 bits per heavy atom. The number of halogens is 2. The van der Waals surface area contributed by atoms with Crippen molar-refractivity contribution in [2.24, 2.45) is 5.92 Å². The fourth-order valence-electron chi connectivity index (χ4n) is 2.15. The van der Waals surface area contributed by atoms with Crippen LogP contribution in [0.15, 0.2) is 18.2 Å². The minimum Gasteiger partial charge on any atom is -0.462 e. The molecule has 106 valence electrons. The Labute approximate surface area is 125 Å². The first kappa shape index (κ1) is 15.2. The molecule has 0 fully saturated rings. The molecule has 1 aromatic carbocycles. The zero-order chi connectivity index (χ0) is 14.3. The second-order valence-electron chi connectivity index (χ2n) is 5.43. The van der Waals surface area contributed by atoms with E-state index in [0.717, 1.165) is 22.9 Å². The summed E-state index contributed by atoms with van der Waals surface area (Å²) in [5, 5.41) is 0.994. The summed E-state index contributed by atoms with van der Waals surface area (Å²) in [6, 6.07) is 5.94. The molecule has 1 aromatic rings. The lowest BCUT2D eigenvalue weighted by Crippen LogP contribution is -2.45. The molecule has 1 heterocycles. The van der Waals surface area contributed by atoms with E-state index in [9.17, 15) is 0 Å². The van der Waals surface area contributed by atoms with Crippen molar-refractivity contribution in [3.05, 3.63) is 23.8 Å². The van der Waals surface area contributed by atoms with Gasteiger partial charge >= 0.3 is 0 Å². The largest absolute Gasteiger partial charge is 0.462 e. The highest BCUT2D eigenvalue weighted by molar-refractivity contribution is 7.50. The van der Waals surface area contributed by atoms with Gasteiger partial charge in [-0.05, 0) is 24.2 Å². The van der Waals surface area contributed by atoms with Gasteiger partial charge in [-0.25, -0.2) is 0 Å². The van der Waals surface area contributed by atoms with Gasteiger partial charge in [0, 0.05) is 18.4 Å². The summed E-state index contributed by atoms with van der Waals surface area (Å²) in [6.07, 6.45) is 1.01. The van der Waals surface area contributed by atoms with Gasteiger partial charge in [0.25, 0.3) is 6.69 Å². The van der Waals surface area contributed by atoms with Crippen molar-refractivity contribution >= 4 is 34.0 Å². The molecule has 0 spiro atoms. The molecule has 19 heavy (non-hydrogen) atoms. The molecule has 2 nitrogen and oxygen atoms in total. The van der Waals surface area contributed by atoms with Crippen LogP contribution in [-0.4, -0.2) is 12.5 Å². The van der Waals surface area contributed by atoms with Crippen LogP contribution in [0.2, 0.25) is 6.55 Å². The van der Waals surface area contributed by atoms with Gasteiger partial charge in [0.15, 0.2) is 0 Å². The van der Waals surface area contributed by atoms with Gasteiger partial charge in [0.05, 0.1) is 6.61 Å². The first-order valence-corrected chi connectivity index (χ1v) is 11.1. The first-order chi connectivity index (χ1) is 8.76. The third-order valence-corrected chi connectivity index (χ3v) is 6.54. The standard InChI is InChI=1S/C14H20Cl2O2Si/c1-5-10(2)14(3)17-9-11-8-12(19(4,15)16)6-7-13(11)18-14/h6-8,10H,5,9H2,1-4H3. The molecule has 0 bridgehead atoms. The van der Waals surface area contributed by atoms with E-state index < -0.39 is 12.5 Å². The molecule has 0 saturated heterocycles. The molecule has 0 aliphatic carbocycles. The van der Waals surface area contributed by atoms with Crippen LogP contribution in [0, 0.1) is 5.92 Å². The van der Waals surface area contributed by atoms with Crippen LogP contribution < -0.4 is 9.92 Å². The summed E-state index contributed by atoms with van der Waals surface area (Å²) in [7, 11) is 0. The Morgan fingerprint density at radius 3 is 2.68 bits per heavy atom. The van der Waals surface area contributed by atoms with Crippen LogP contribution in [0.1, 0.15) is 32.8 Å². The molecular weight excluding hydrogens is 299 g/mol. The Balaban J connectivity index is 2.29. The molecule has 0 N–H and O–H groups in total. The van der Waals surface area contributed by atoms with Gasteiger partial charge in [-0.15, -0.1) is 22.2 Å². The van der Waals surface area contributed by atoms with Gasteiger partial charge in [0.1, 0.15) is 5.75 Å². The van der Waals surface area contributed by atoms with Crippen molar-refractivity contribution in [3.8, 4) is 5.75 Å². The SMILES string of the molecule is CCC(C)C1(C)OCc2cc([Si](C)(Cl)Cl)ccc2O1. The quantitative estimate of drug-likeness (QED) is 0.616. The minimum atomic E-state index is -2.32. The lowest BCUT2D eigenvalue weighted by atomic mass is 9.98. The van der Waals surface area contributed by atoms with Crippen LogP contribution in [0.4, 0.5) is 0 Å². The lowest BCUT2D eigenvalue weighted by Gasteiger charge is -2.39. The number of fused-ring (bicyclic) bond motifs is 1. The van der Waals surface area contributed by atoms with Crippen molar-refractivity contribution in [3.63, 3.8) is 0 Å². The molecule has 2 rings (SSSR count). The highest BCUT2D eigenvalue weighted by Gasteiger charge is 2.38. The third kappa shape index (κ3) is 3.10. The predicted molar refractivity (Wildman–Crippen MR) is 82.7 cm³/mol. The Bertz CT molecular complexity index is 473. The number of hydrogen-bond donors (Lipinski definition) is 0. The lowest BCUT2D eigenvalue weighted by molar-refractivity contribution is -0.223. The zero-order valence-corrected chi connectivity index (χ0v) is 14.3. The average molecular weight is 319 g/mol. The molecular formula is C14H20Cl2O2Si. The number of rotatable bonds is 3. The van der Waals surface area contributed by atoms with E-state index in [4.69, 9.17) is 31.6 Å². The zero-order valence-electron chi connectivity index (χ0n) is 11.8. The Kier molecular flexibility index (Phi) is 4.22. The molecule has 1 aliphatic rings. The van der Waals surface area contributed by atoms with E-state index in [0.29, 0.717) is 12.5 Å². The van der Waals surface area contributed by atoms with Gasteiger partial charge in [-0.1, -0.05) is 26.0 Å². The Morgan fingerprint density at radius 2 is 2.11 bits per heavy atom. The summed E-state index contributed by atoms with van der Waals surface area (Å²) in [4.78, 5) is 0. The molecule has 0 saturated carbocycles. The molecule has 0 amide bonds. The van der Waals surface area contributed by atoms with Crippen LogP contribution in [0.5, 0.6) is 5.75 Å². The highest BCUT2D eigenvalue weighted by Crippen LogP contribution is 2.36. The van der Waals surface area contributed by atoms with E-state index in [1.807, 2.05) is 31.7 Å². The molecule has 1 aliphatic heterocycles. The molecule has 2 atom stereocenters. The van der Waals surface area contributed by atoms with E-state index in [1.54, 1.807) is 0 Å². The van der Waals surface area contributed by atoms with Crippen molar-refractivity contribution < 1.29 is 9.47 Å². The average Bonchev–Trinajstić information content (AvgIpc) is 2.35. The predicted octanol–water partition coefficient (Wildman–Crippen LogP) is 4.11. The summed E-state index contributed by atoms with van der Waals surface area (Å²) in [5.74, 6) is 0.664.